The monoisotopic (exact) mass is 366 g/mol. The van der Waals surface area contributed by atoms with Gasteiger partial charge in [0.25, 0.3) is 0 Å². The number of esters is 2. The highest BCUT2D eigenvalue weighted by atomic mass is 16.5. The van der Waals surface area contributed by atoms with Crippen molar-refractivity contribution in [3.8, 4) is 0 Å². The van der Waals surface area contributed by atoms with Crippen LogP contribution in [0.1, 0.15) is 27.1 Å². The molecule has 0 saturated carbocycles. The van der Waals surface area contributed by atoms with Gasteiger partial charge < -0.3 is 9.47 Å². The first-order chi connectivity index (χ1) is 13.1. The maximum absolute atomic E-state index is 13.1. The third-order valence-corrected chi connectivity index (χ3v) is 4.25. The first-order valence-corrected chi connectivity index (χ1v) is 8.28. The van der Waals surface area contributed by atoms with Gasteiger partial charge in [-0.1, -0.05) is 42.5 Å². The number of rotatable bonds is 5. The lowest BCUT2D eigenvalue weighted by Gasteiger charge is -2.24. The van der Waals surface area contributed by atoms with Crippen molar-refractivity contribution in [3.05, 3.63) is 65.7 Å². The van der Waals surface area contributed by atoms with Gasteiger partial charge in [0, 0.05) is 12.0 Å². The smallest absolute Gasteiger partial charge is 0.354 e. The van der Waals surface area contributed by atoms with Crippen molar-refractivity contribution < 1.29 is 23.9 Å². The highest BCUT2D eigenvalue weighted by Crippen LogP contribution is 2.30. The highest BCUT2D eigenvalue weighted by molar-refractivity contribution is 6.38. The second-order valence-electron chi connectivity index (χ2n) is 5.84. The Labute approximate surface area is 156 Å². The van der Waals surface area contributed by atoms with Crippen LogP contribution in [0, 0.1) is 0 Å². The van der Waals surface area contributed by atoms with E-state index in [0.717, 1.165) is 0 Å². The molecule has 0 fully saturated rings. The van der Waals surface area contributed by atoms with E-state index in [0.29, 0.717) is 11.3 Å². The predicted molar refractivity (Wildman–Crippen MR) is 98.9 cm³/mol. The molecule has 1 aliphatic rings. The summed E-state index contributed by atoms with van der Waals surface area (Å²) in [5.41, 5.74) is 1.24. The van der Waals surface area contributed by atoms with E-state index >= 15 is 0 Å². The molecule has 0 saturated heterocycles. The van der Waals surface area contributed by atoms with E-state index in [9.17, 15) is 14.4 Å². The first kappa shape index (κ1) is 18.3. The van der Waals surface area contributed by atoms with Crippen LogP contribution in [0.5, 0.6) is 0 Å². The Morgan fingerprint density at radius 3 is 2.22 bits per heavy atom. The molecule has 0 amide bonds. The number of Topliss-reactive ketones (excluding diaryl/α,β-unsaturated/α-hetero) is 1. The third-order valence-electron chi connectivity index (χ3n) is 4.25. The van der Waals surface area contributed by atoms with Gasteiger partial charge in [-0.3, -0.25) is 9.80 Å². The number of benzene rings is 2. The molecule has 0 bridgehead atoms. The first-order valence-electron chi connectivity index (χ1n) is 8.28. The van der Waals surface area contributed by atoms with Crippen LogP contribution in [0.15, 0.2) is 59.7 Å². The third kappa shape index (κ3) is 3.57. The van der Waals surface area contributed by atoms with Crippen LogP contribution in [0.3, 0.4) is 0 Å². The van der Waals surface area contributed by atoms with Gasteiger partial charge in [-0.05, 0) is 12.1 Å². The van der Waals surface area contributed by atoms with Crippen molar-refractivity contribution in [1.29, 1.82) is 0 Å². The summed E-state index contributed by atoms with van der Waals surface area (Å²) in [5, 5.41) is 5.68. The van der Waals surface area contributed by atoms with Crippen molar-refractivity contribution in [2.24, 2.45) is 5.10 Å². The van der Waals surface area contributed by atoms with Crippen LogP contribution in [0.4, 0.5) is 5.69 Å². The van der Waals surface area contributed by atoms with E-state index in [4.69, 9.17) is 9.47 Å². The molecule has 0 aromatic heterocycles. The van der Waals surface area contributed by atoms with Crippen LogP contribution >= 0.6 is 0 Å². The molecule has 7 heteroatoms. The summed E-state index contributed by atoms with van der Waals surface area (Å²) in [6.07, 6.45) is 0.0793. The molecule has 3 rings (SSSR count). The second kappa shape index (κ2) is 7.82. The zero-order valence-corrected chi connectivity index (χ0v) is 14.9. The molecule has 0 radical (unpaired) electrons. The molecule has 2 aromatic carbocycles. The maximum Gasteiger partial charge on any atom is 0.354 e. The molecule has 0 aliphatic carbocycles. The number of ether oxygens (including phenoxy) is 2. The summed E-state index contributed by atoms with van der Waals surface area (Å²) < 4.78 is 9.57. The Morgan fingerprint density at radius 1 is 0.926 bits per heavy atom. The van der Waals surface area contributed by atoms with E-state index in [1.54, 1.807) is 48.5 Å². The van der Waals surface area contributed by atoms with Crippen molar-refractivity contribution in [2.45, 2.75) is 12.5 Å². The van der Waals surface area contributed by atoms with E-state index in [-0.39, 0.29) is 23.5 Å². The molecule has 1 atom stereocenters. The number of hydrazone groups is 1. The average molecular weight is 366 g/mol. The lowest BCUT2D eigenvalue weighted by atomic mass is 9.99. The minimum atomic E-state index is -0.771. The van der Waals surface area contributed by atoms with Crippen LogP contribution in [0.25, 0.3) is 0 Å². The topological polar surface area (TPSA) is 85.3 Å². The summed E-state index contributed by atoms with van der Waals surface area (Å²) in [7, 11) is 2.53. The number of hydrogen-bond donors (Lipinski definition) is 0. The zero-order valence-electron chi connectivity index (χ0n) is 14.9. The summed E-state index contributed by atoms with van der Waals surface area (Å²) in [6.45, 7) is 0. The maximum atomic E-state index is 13.1. The fourth-order valence-corrected chi connectivity index (χ4v) is 2.93. The van der Waals surface area contributed by atoms with Crippen molar-refractivity contribution in [1.82, 2.24) is 0 Å². The number of anilines is 1. The Morgan fingerprint density at radius 2 is 1.56 bits per heavy atom. The molecule has 27 heavy (non-hydrogen) atoms. The highest BCUT2D eigenvalue weighted by Gasteiger charge is 2.38. The van der Waals surface area contributed by atoms with Crippen LogP contribution in [-0.2, 0) is 14.3 Å². The SMILES string of the molecule is COC(=O)C1=NN(c2ccccc2C(=O)OC)[C@@H](C(=O)c2ccccc2)C1. The number of para-hydroxylation sites is 1. The van der Waals surface area contributed by atoms with Gasteiger partial charge in [0.1, 0.15) is 11.8 Å². The Bertz CT molecular complexity index is 908. The summed E-state index contributed by atoms with van der Waals surface area (Å²) >= 11 is 0. The van der Waals surface area contributed by atoms with Crippen LogP contribution in [0.2, 0.25) is 0 Å². The lowest BCUT2D eigenvalue weighted by Crippen LogP contribution is -2.35. The molecule has 7 nitrogen and oxygen atoms in total. The van der Waals surface area contributed by atoms with Gasteiger partial charge in [0.2, 0.25) is 0 Å². The van der Waals surface area contributed by atoms with Gasteiger partial charge in [0.05, 0.1) is 25.5 Å². The summed E-state index contributed by atoms with van der Waals surface area (Å²) in [6, 6.07) is 14.6. The summed E-state index contributed by atoms with van der Waals surface area (Å²) in [4.78, 5) is 37.2. The van der Waals surface area contributed by atoms with E-state index < -0.39 is 18.0 Å². The quantitative estimate of drug-likeness (QED) is 0.597. The summed E-state index contributed by atoms with van der Waals surface area (Å²) in [5.74, 6) is -1.38. The Balaban J connectivity index is 2.06. The molecule has 138 valence electrons. The minimum Gasteiger partial charge on any atom is -0.465 e. The molecule has 1 aliphatic heterocycles. The number of ketones is 1. The van der Waals surface area contributed by atoms with E-state index in [1.807, 2.05) is 6.07 Å². The molecule has 0 N–H and O–H groups in total. The van der Waals surface area contributed by atoms with Crippen LogP contribution in [-0.4, -0.2) is 43.7 Å². The van der Waals surface area contributed by atoms with Crippen LogP contribution < -0.4 is 5.01 Å². The standard InChI is InChI=1S/C20H18N2O5/c1-26-19(24)14-10-6-7-11-16(14)22-17(12-15(21-22)20(25)27-2)18(23)13-8-4-3-5-9-13/h3-11,17H,12H2,1-2H3/t17-/m1/s1. The van der Waals surface area contributed by atoms with E-state index in [1.165, 1.54) is 19.2 Å². The Hall–Kier alpha value is -3.48. The van der Waals surface area contributed by atoms with Crippen molar-refractivity contribution in [2.75, 3.05) is 19.2 Å². The van der Waals surface area contributed by atoms with Gasteiger partial charge in [-0.25, -0.2) is 9.59 Å². The number of methoxy groups -OCH3 is 2. The average Bonchev–Trinajstić information content (AvgIpc) is 3.18. The molecule has 2 aromatic rings. The number of nitrogens with zero attached hydrogens (tertiary/aromatic N) is 2. The van der Waals surface area contributed by atoms with Gasteiger partial charge >= 0.3 is 11.9 Å². The van der Waals surface area contributed by atoms with Gasteiger partial charge in [-0.15, -0.1) is 0 Å². The second-order valence-corrected chi connectivity index (χ2v) is 5.84. The number of carbonyl (C=O) groups excluding carboxylic acids is 3. The Kier molecular flexibility index (Phi) is 5.30. The molecule has 1 heterocycles. The predicted octanol–water partition coefficient (Wildman–Crippen LogP) is 2.46. The fraction of sp³-hybridized carbons (Fsp3) is 0.200. The number of hydrogen-bond acceptors (Lipinski definition) is 7. The largest absolute Gasteiger partial charge is 0.465 e. The zero-order chi connectivity index (χ0) is 19.4. The fourth-order valence-electron chi connectivity index (χ4n) is 2.93. The van der Waals surface area contributed by atoms with Crippen molar-refractivity contribution >= 4 is 29.1 Å². The molecular formula is C20H18N2O5. The molecular weight excluding hydrogens is 348 g/mol. The van der Waals surface area contributed by atoms with Gasteiger partial charge in [-0.2, -0.15) is 5.10 Å². The lowest BCUT2D eigenvalue weighted by molar-refractivity contribution is -0.132. The van der Waals surface area contributed by atoms with Gasteiger partial charge in [0.15, 0.2) is 5.78 Å². The van der Waals surface area contributed by atoms with E-state index in [2.05, 4.69) is 5.10 Å². The normalized spacial score (nSPS) is 15.9. The van der Waals surface area contributed by atoms with Crippen molar-refractivity contribution in [3.63, 3.8) is 0 Å². The molecule has 0 unspecified atom stereocenters. The number of carbonyl (C=O) groups is 3. The molecule has 0 spiro atoms. The minimum absolute atomic E-state index is 0.0793.